The highest BCUT2D eigenvalue weighted by molar-refractivity contribution is 6.17. The van der Waals surface area contributed by atoms with Gasteiger partial charge in [-0.15, -0.1) is 11.6 Å². The average Bonchev–Trinajstić information content (AvgIpc) is 2.54. The summed E-state index contributed by atoms with van der Waals surface area (Å²) in [4.78, 5) is 0. The number of hydrogen-bond donors (Lipinski definition) is 0. The Kier molecular flexibility index (Phi) is 5.48. The van der Waals surface area contributed by atoms with Crippen molar-refractivity contribution in [3.63, 3.8) is 0 Å². The van der Waals surface area contributed by atoms with Crippen molar-refractivity contribution in [2.45, 2.75) is 19.2 Å². The fraction of sp³-hybridized carbons (Fsp3) is 0.235. The molecule has 0 aliphatic carbocycles. The minimum atomic E-state index is 0.366. The minimum absolute atomic E-state index is 0.366. The van der Waals surface area contributed by atoms with Crippen molar-refractivity contribution in [3.05, 3.63) is 53.6 Å². The Labute approximate surface area is 129 Å². The summed E-state index contributed by atoms with van der Waals surface area (Å²) in [5.41, 5.74) is 1.34. The molecule has 0 aliphatic heterocycles. The highest BCUT2D eigenvalue weighted by atomic mass is 35.5. The molecule has 0 atom stereocenters. The van der Waals surface area contributed by atoms with E-state index in [0.29, 0.717) is 35.3 Å². The lowest BCUT2D eigenvalue weighted by Crippen LogP contribution is -1.98. The molecule has 108 valence electrons. The van der Waals surface area contributed by atoms with Crippen molar-refractivity contribution in [2.24, 2.45) is 0 Å². The largest absolute Gasteiger partial charge is 0.490 e. The van der Waals surface area contributed by atoms with Crippen LogP contribution in [0.4, 0.5) is 0 Å². The second-order valence-electron chi connectivity index (χ2n) is 4.47. The first kappa shape index (κ1) is 15.2. The third-order valence-electron chi connectivity index (χ3n) is 2.85. The first-order valence-corrected chi connectivity index (χ1v) is 7.30. The SMILES string of the molecule is CCCOc1ccccc1Oc1ccc(CCl)cc1C#N. The van der Waals surface area contributed by atoms with E-state index < -0.39 is 0 Å². The molecule has 0 N–H and O–H groups in total. The van der Waals surface area contributed by atoms with Gasteiger partial charge >= 0.3 is 0 Å². The van der Waals surface area contributed by atoms with Gasteiger partial charge in [0, 0.05) is 5.88 Å². The molecular weight excluding hydrogens is 286 g/mol. The summed E-state index contributed by atoms with van der Waals surface area (Å²) in [7, 11) is 0. The van der Waals surface area contributed by atoms with Crippen LogP contribution in [0.5, 0.6) is 17.2 Å². The van der Waals surface area contributed by atoms with Crippen LogP contribution in [0, 0.1) is 11.3 Å². The van der Waals surface area contributed by atoms with E-state index in [1.165, 1.54) is 0 Å². The lowest BCUT2D eigenvalue weighted by molar-refractivity contribution is 0.302. The Hall–Kier alpha value is -2.18. The van der Waals surface area contributed by atoms with Crippen LogP contribution in [0.3, 0.4) is 0 Å². The summed E-state index contributed by atoms with van der Waals surface area (Å²) in [6, 6.07) is 14.9. The van der Waals surface area contributed by atoms with Crippen molar-refractivity contribution in [2.75, 3.05) is 6.61 Å². The standard InChI is InChI=1S/C17H16ClNO2/c1-2-9-20-16-5-3-4-6-17(16)21-15-8-7-13(11-18)10-14(15)12-19/h3-8,10H,2,9,11H2,1H3. The predicted octanol–water partition coefficient (Wildman–Crippen LogP) is 4.88. The van der Waals surface area contributed by atoms with Gasteiger partial charge in [-0.1, -0.05) is 25.1 Å². The molecule has 0 amide bonds. The smallest absolute Gasteiger partial charge is 0.169 e. The molecule has 0 bridgehead atoms. The fourth-order valence-corrected chi connectivity index (χ4v) is 1.99. The van der Waals surface area contributed by atoms with Crippen molar-refractivity contribution in [1.29, 1.82) is 5.26 Å². The van der Waals surface area contributed by atoms with Crippen LogP contribution in [0.2, 0.25) is 0 Å². The van der Waals surface area contributed by atoms with Crippen molar-refractivity contribution >= 4 is 11.6 Å². The zero-order valence-electron chi connectivity index (χ0n) is 11.8. The Bertz CT molecular complexity index is 649. The van der Waals surface area contributed by atoms with Gasteiger partial charge in [0.25, 0.3) is 0 Å². The van der Waals surface area contributed by atoms with Crippen LogP contribution >= 0.6 is 11.6 Å². The van der Waals surface area contributed by atoms with Crippen LogP contribution in [-0.4, -0.2) is 6.61 Å². The molecule has 0 heterocycles. The molecule has 2 aromatic carbocycles. The molecule has 3 nitrogen and oxygen atoms in total. The summed E-state index contributed by atoms with van der Waals surface area (Å²) in [5.74, 6) is 2.13. The zero-order valence-corrected chi connectivity index (χ0v) is 12.6. The van der Waals surface area contributed by atoms with Crippen LogP contribution in [0.25, 0.3) is 0 Å². The highest BCUT2D eigenvalue weighted by Crippen LogP contribution is 2.33. The molecule has 2 rings (SSSR count). The molecule has 0 unspecified atom stereocenters. The molecular formula is C17H16ClNO2. The Balaban J connectivity index is 2.28. The lowest BCUT2D eigenvalue weighted by atomic mass is 10.1. The van der Waals surface area contributed by atoms with Gasteiger partial charge in [0.15, 0.2) is 11.5 Å². The number of hydrogen-bond acceptors (Lipinski definition) is 3. The van der Waals surface area contributed by atoms with Crippen LogP contribution < -0.4 is 9.47 Å². The number of para-hydroxylation sites is 2. The number of rotatable bonds is 6. The minimum Gasteiger partial charge on any atom is -0.490 e. The van der Waals surface area contributed by atoms with Gasteiger partial charge in [0.05, 0.1) is 12.2 Å². The quantitative estimate of drug-likeness (QED) is 0.714. The summed E-state index contributed by atoms with van der Waals surface area (Å²) in [5, 5.41) is 9.22. The summed E-state index contributed by atoms with van der Waals surface area (Å²) in [6.07, 6.45) is 0.919. The van der Waals surface area contributed by atoms with E-state index in [0.717, 1.165) is 12.0 Å². The molecule has 0 saturated carbocycles. The third kappa shape index (κ3) is 3.90. The van der Waals surface area contributed by atoms with E-state index in [4.69, 9.17) is 21.1 Å². The first-order chi connectivity index (χ1) is 10.3. The molecule has 0 aromatic heterocycles. The topological polar surface area (TPSA) is 42.2 Å². The number of alkyl halides is 1. The lowest BCUT2D eigenvalue weighted by Gasteiger charge is -2.13. The van der Waals surface area contributed by atoms with E-state index in [1.54, 1.807) is 12.1 Å². The molecule has 0 saturated heterocycles. The van der Waals surface area contributed by atoms with E-state index in [2.05, 4.69) is 6.07 Å². The number of ether oxygens (including phenoxy) is 2. The van der Waals surface area contributed by atoms with Gasteiger partial charge in [-0.25, -0.2) is 0 Å². The monoisotopic (exact) mass is 301 g/mol. The van der Waals surface area contributed by atoms with Crippen LogP contribution in [0.1, 0.15) is 24.5 Å². The molecule has 0 fully saturated rings. The Morgan fingerprint density at radius 1 is 1.10 bits per heavy atom. The van der Waals surface area contributed by atoms with E-state index in [-0.39, 0.29) is 0 Å². The van der Waals surface area contributed by atoms with Gasteiger partial charge in [-0.05, 0) is 36.2 Å². The van der Waals surface area contributed by atoms with E-state index >= 15 is 0 Å². The maximum absolute atomic E-state index is 9.22. The molecule has 0 radical (unpaired) electrons. The van der Waals surface area contributed by atoms with Gasteiger partial charge in [0.1, 0.15) is 11.8 Å². The summed E-state index contributed by atoms with van der Waals surface area (Å²) in [6.45, 7) is 2.67. The van der Waals surface area contributed by atoms with Gasteiger partial charge in [-0.2, -0.15) is 5.26 Å². The summed E-state index contributed by atoms with van der Waals surface area (Å²) >= 11 is 5.78. The summed E-state index contributed by atoms with van der Waals surface area (Å²) < 4.78 is 11.5. The second kappa shape index (κ2) is 7.56. The van der Waals surface area contributed by atoms with E-state index in [1.807, 2.05) is 37.3 Å². The maximum Gasteiger partial charge on any atom is 0.169 e. The highest BCUT2D eigenvalue weighted by Gasteiger charge is 2.09. The van der Waals surface area contributed by atoms with E-state index in [9.17, 15) is 5.26 Å². The normalized spacial score (nSPS) is 9.95. The van der Waals surface area contributed by atoms with Crippen molar-refractivity contribution in [3.8, 4) is 23.3 Å². The third-order valence-corrected chi connectivity index (χ3v) is 3.16. The van der Waals surface area contributed by atoms with Crippen molar-refractivity contribution in [1.82, 2.24) is 0 Å². The molecule has 4 heteroatoms. The van der Waals surface area contributed by atoms with Crippen LogP contribution in [-0.2, 0) is 5.88 Å². The molecule has 2 aromatic rings. The fourth-order valence-electron chi connectivity index (χ4n) is 1.82. The van der Waals surface area contributed by atoms with Gasteiger partial charge in [-0.3, -0.25) is 0 Å². The Morgan fingerprint density at radius 3 is 2.52 bits per heavy atom. The average molecular weight is 302 g/mol. The maximum atomic E-state index is 9.22. The number of halogens is 1. The number of nitrogens with zero attached hydrogens (tertiary/aromatic N) is 1. The first-order valence-electron chi connectivity index (χ1n) is 6.77. The predicted molar refractivity (Wildman–Crippen MR) is 83.0 cm³/mol. The second-order valence-corrected chi connectivity index (χ2v) is 4.74. The van der Waals surface area contributed by atoms with Gasteiger partial charge in [0.2, 0.25) is 0 Å². The van der Waals surface area contributed by atoms with Crippen molar-refractivity contribution < 1.29 is 9.47 Å². The zero-order chi connectivity index (χ0) is 15.1. The Morgan fingerprint density at radius 2 is 1.86 bits per heavy atom. The molecule has 0 aliphatic rings. The number of benzene rings is 2. The van der Waals surface area contributed by atoms with Gasteiger partial charge < -0.3 is 9.47 Å². The molecule has 21 heavy (non-hydrogen) atoms. The number of nitriles is 1. The molecule has 0 spiro atoms. The van der Waals surface area contributed by atoms with Crippen LogP contribution in [0.15, 0.2) is 42.5 Å².